The molecule has 28 heavy (non-hydrogen) atoms. The second kappa shape index (κ2) is 8.44. The van der Waals surface area contributed by atoms with E-state index >= 15 is 0 Å². The molecule has 1 fully saturated rings. The van der Waals surface area contributed by atoms with Crippen molar-refractivity contribution in [3.63, 3.8) is 0 Å². The first-order valence-corrected chi connectivity index (χ1v) is 10.6. The maximum Gasteiger partial charge on any atom is 0.222 e. The Bertz CT molecular complexity index is 807. The number of nitrogens with zero attached hydrogens (tertiary/aromatic N) is 3. The lowest BCUT2D eigenvalue weighted by molar-refractivity contribution is -0.134. The first kappa shape index (κ1) is 19.1. The van der Waals surface area contributed by atoms with Gasteiger partial charge < -0.3 is 4.90 Å². The molecule has 1 aromatic carbocycles. The number of benzene rings is 1. The molecule has 2 aromatic rings. The molecular weight excluding hydrogens is 346 g/mol. The van der Waals surface area contributed by atoms with Crippen LogP contribution in [-0.2, 0) is 24.3 Å². The summed E-state index contributed by atoms with van der Waals surface area (Å²) in [6.45, 7) is 6.77. The Kier molecular flexibility index (Phi) is 5.77. The summed E-state index contributed by atoms with van der Waals surface area (Å²) < 4.78 is 0. The minimum absolute atomic E-state index is 0.142. The lowest BCUT2D eigenvalue weighted by atomic mass is 9.74. The summed E-state index contributed by atoms with van der Waals surface area (Å²) in [7, 11) is 0. The molecule has 1 atom stereocenters. The van der Waals surface area contributed by atoms with Crippen molar-refractivity contribution in [1.82, 2.24) is 14.8 Å². The second-order valence-corrected chi connectivity index (χ2v) is 8.58. The summed E-state index contributed by atoms with van der Waals surface area (Å²) in [6.07, 6.45) is 6.88. The van der Waals surface area contributed by atoms with Gasteiger partial charge >= 0.3 is 0 Å². The number of fused-ring (bicyclic) bond motifs is 1. The number of aromatic nitrogens is 1. The lowest BCUT2D eigenvalue weighted by Gasteiger charge is -2.44. The van der Waals surface area contributed by atoms with Crippen LogP contribution in [0.3, 0.4) is 0 Å². The zero-order valence-corrected chi connectivity index (χ0v) is 16.9. The summed E-state index contributed by atoms with van der Waals surface area (Å²) >= 11 is 0. The molecule has 1 spiro atoms. The van der Waals surface area contributed by atoms with E-state index in [0.29, 0.717) is 12.3 Å². The third-order valence-corrected chi connectivity index (χ3v) is 6.24. The molecule has 0 radical (unpaired) electrons. The number of hydrogen-bond donors (Lipinski definition) is 0. The van der Waals surface area contributed by atoms with E-state index < -0.39 is 0 Å². The third-order valence-electron chi connectivity index (χ3n) is 6.24. The normalized spacial score (nSPS) is 22.7. The van der Waals surface area contributed by atoms with Crippen molar-refractivity contribution in [3.8, 4) is 0 Å². The SMILES string of the molecule is CCCC(=O)N1Cc2ccccc2CC2(CCCN(Cc3ccccn3)C2)C1. The summed E-state index contributed by atoms with van der Waals surface area (Å²) in [6, 6.07) is 14.9. The van der Waals surface area contributed by atoms with Crippen molar-refractivity contribution in [3.05, 3.63) is 65.5 Å². The highest BCUT2D eigenvalue weighted by Gasteiger charge is 2.40. The topological polar surface area (TPSA) is 36.4 Å². The van der Waals surface area contributed by atoms with E-state index in [0.717, 1.165) is 51.3 Å². The molecule has 2 aliphatic rings. The van der Waals surface area contributed by atoms with Crippen LogP contribution in [0.5, 0.6) is 0 Å². The minimum Gasteiger partial charge on any atom is -0.338 e. The van der Waals surface area contributed by atoms with Crippen LogP contribution in [0.1, 0.15) is 49.4 Å². The molecule has 0 bridgehead atoms. The van der Waals surface area contributed by atoms with Gasteiger partial charge in [0.1, 0.15) is 0 Å². The zero-order valence-electron chi connectivity index (χ0n) is 16.9. The number of carbonyl (C=O) groups excluding carboxylic acids is 1. The average molecular weight is 378 g/mol. The molecule has 1 unspecified atom stereocenters. The van der Waals surface area contributed by atoms with Crippen molar-refractivity contribution >= 4 is 5.91 Å². The summed E-state index contributed by atoms with van der Waals surface area (Å²) in [4.78, 5) is 22.1. The fourth-order valence-electron chi connectivity index (χ4n) is 5.00. The fourth-order valence-corrected chi connectivity index (χ4v) is 5.00. The van der Waals surface area contributed by atoms with Gasteiger partial charge in [-0.2, -0.15) is 0 Å². The monoisotopic (exact) mass is 377 g/mol. The molecule has 1 amide bonds. The quantitative estimate of drug-likeness (QED) is 0.807. The Morgan fingerprint density at radius 2 is 1.93 bits per heavy atom. The van der Waals surface area contributed by atoms with Crippen LogP contribution >= 0.6 is 0 Å². The molecule has 1 saturated heterocycles. The molecule has 1 aromatic heterocycles. The maximum atomic E-state index is 12.9. The first-order chi connectivity index (χ1) is 13.7. The van der Waals surface area contributed by atoms with E-state index in [1.807, 2.05) is 12.3 Å². The maximum absolute atomic E-state index is 12.9. The Morgan fingerprint density at radius 3 is 2.71 bits per heavy atom. The highest BCUT2D eigenvalue weighted by Crippen LogP contribution is 2.39. The van der Waals surface area contributed by atoms with E-state index in [4.69, 9.17) is 0 Å². The molecule has 0 aliphatic carbocycles. The van der Waals surface area contributed by atoms with E-state index in [2.05, 4.69) is 58.1 Å². The van der Waals surface area contributed by atoms with Gasteiger partial charge in [-0.1, -0.05) is 37.3 Å². The number of likely N-dealkylation sites (tertiary alicyclic amines) is 1. The van der Waals surface area contributed by atoms with E-state index in [-0.39, 0.29) is 5.41 Å². The molecule has 4 rings (SSSR count). The Labute approximate surface area is 168 Å². The van der Waals surface area contributed by atoms with Gasteiger partial charge in [0.05, 0.1) is 5.69 Å². The number of piperidine rings is 1. The van der Waals surface area contributed by atoms with Gasteiger partial charge in [-0.25, -0.2) is 0 Å². The molecular formula is C24H31N3O. The predicted molar refractivity (Wildman–Crippen MR) is 112 cm³/mol. The van der Waals surface area contributed by atoms with Crippen LogP contribution < -0.4 is 0 Å². The number of hydrogen-bond acceptors (Lipinski definition) is 3. The molecule has 3 heterocycles. The van der Waals surface area contributed by atoms with Gasteiger partial charge in [0.2, 0.25) is 5.91 Å². The van der Waals surface area contributed by atoms with Crippen LogP contribution in [0.2, 0.25) is 0 Å². The van der Waals surface area contributed by atoms with Gasteiger partial charge in [0.15, 0.2) is 0 Å². The van der Waals surface area contributed by atoms with Crippen LogP contribution in [-0.4, -0.2) is 40.3 Å². The standard InChI is InChI=1S/C24H31N3O/c1-2-8-23(28)27-16-21-10-4-3-9-20(21)15-24(19-27)12-7-14-26(18-24)17-22-11-5-6-13-25-22/h3-6,9-11,13H,2,7-8,12,14-19H2,1H3. The molecule has 0 saturated carbocycles. The van der Waals surface area contributed by atoms with Crippen LogP contribution in [0, 0.1) is 5.41 Å². The van der Waals surface area contributed by atoms with E-state index in [9.17, 15) is 4.79 Å². The highest BCUT2D eigenvalue weighted by atomic mass is 16.2. The van der Waals surface area contributed by atoms with Crippen LogP contribution in [0.4, 0.5) is 0 Å². The largest absolute Gasteiger partial charge is 0.338 e. The molecule has 0 N–H and O–H groups in total. The minimum atomic E-state index is 0.142. The molecule has 4 nitrogen and oxygen atoms in total. The summed E-state index contributed by atoms with van der Waals surface area (Å²) in [5, 5.41) is 0. The van der Waals surface area contributed by atoms with Crippen molar-refractivity contribution < 1.29 is 4.79 Å². The summed E-state index contributed by atoms with van der Waals surface area (Å²) in [5.41, 5.74) is 4.02. The van der Waals surface area contributed by atoms with Crippen LogP contribution in [0.25, 0.3) is 0 Å². The number of carbonyl (C=O) groups is 1. The number of pyridine rings is 1. The second-order valence-electron chi connectivity index (χ2n) is 8.58. The Hall–Kier alpha value is -2.20. The summed E-state index contributed by atoms with van der Waals surface area (Å²) in [5.74, 6) is 0.306. The Balaban J connectivity index is 1.59. The molecule has 2 aliphatic heterocycles. The van der Waals surface area contributed by atoms with Gasteiger partial charge in [-0.15, -0.1) is 0 Å². The smallest absolute Gasteiger partial charge is 0.222 e. The Morgan fingerprint density at radius 1 is 1.11 bits per heavy atom. The number of rotatable bonds is 4. The lowest BCUT2D eigenvalue weighted by Crippen LogP contribution is -2.50. The van der Waals surface area contributed by atoms with Crippen molar-refractivity contribution in [2.24, 2.45) is 5.41 Å². The third kappa shape index (κ3) is 4.27. The van der Waals surface area contributed by atoms with Gasteiger partial charge in [-0.3, -0.25) is 14.7 Å². The van der Waals surface area contributed by atoms with Crippen LogP contribution in [0.15, 0.2) is 48.7 Å². The number of amides is 1. The molecule has 148 valence electrons. The van der Waals surface area contributed by atoms with Gasteiger partial charge in [-0.05, 0) is 55.5 Å². The highest BCUT2D eigenvalue weighted by molar-refractivity contribution is 5.76. The predicted octanol–water partition coefficient (Wildman–Crippen LogP) is 4.05. The van der Waals surface area contributed by atoms with Crippen molar-refractivity contribution in [2.45, 2.75) is 52.1 Å². The van der Waals surface area contributed by atoms with E-state index in [1.165, 1.54) is 24.0 Å². The zero-order chi connectivity index (χ0) is 19.4. The van der Waals surface area contributed by atoms with Crippen molar-refractivity contribution in [2.75, 3.05) is 19.6 Å². The first-order valence-electron chi connectivity index (χ1n) is 10.6. The average Bonchev–Trinajstić information content (AvgIpc) is 2.85. The fraction of sp³-hybridized carbons (Fsp3) is 0.500. The van der Waals surface area contributed by atoms with Gasteiger partial charge in [0, 0.05) is 44.2 Å². The van der Waals surface area contributed by atoms with Crippen molar-refractivity contribution in [1.29, 1.82) is 0 Å². The van der Waals surface area contributed by atoms with E-state index in [1.54, 1.807) is 0 Å². The molecule has 4 heteroatoms. The van der Waals surface area contributed by atoms with Gasteiger partial charge in [0.25, 0.3) is 0 Å².